The highest BCUT2D eigenvalue weighted by Gasteiger charge is 2.55. The highest BCUT2D eigenvalue weighted by molar-refractivity contribution is 7.99. The summed E-state index contributed by atoms with van der Waals surface area (Å²) in [5, 5.41) is 0.784. The van der Waals surface area contributed by atoms with Gasteiger partial charge in [-0.15, -0.1) is 0 Å². The maximum atomic E-state index is 4.10. The zero-order valence-electron chi connectivity index (χ0n) is 8.48. The SMILES string of the molecule is C=C(C)C1(C(C)=CC)CC1SC. The first-order valence-electron chi connectivity index (χ1n) is 4.41. The largest absolute Gasteiger partial charge is 0.161 e. The predicted octanol–water partition coefficient (Wildman–Crippen LogP) is 3.65. The lowest BCUT2D eigenvalue weighted by molar-refractivity contribution is 0.730. The van der Waals surface area contributed by atoms with Crippen molar-refractivity contribution in [3.05, 3.63) is 23.8 Å². The zero-order valence-corrected chi connectivity index (χ0v) is 9.29. The summed E-state index contributed by atoms with van der Waals surface area (Å²) >= 11 is 1.97. The molecule has 0 aromatic rings. The van der Waals surface area contributed by atoms with Crippen LogP contribution in [0, 0.1) is 5.41 Å². The van der Waals surface area contributed by atoms with Crippen LogP contribution < -0.4 is 0 Å². The maximum absolute atomic E-state index is 4.10. The molecule has 2 unspecified atom stereocenters. The van der Waals surface area contributed by atoms with Crippen LogP contribution in [-0.4, -0.2) is 11.5 Å². The van der Waals surface area contributed by atoms with Crippen molar-refractivity contribution >= 4 is 11.8 Å². The van der Waals surface area contributed by atoms with Crippen LogP contribution in [0.1, 0.15) is 27.2 Å². The lowest BCUT2D eigenvalue weighted by Gasteiger charge is -2.17. The molecule has 0 aromatic heterocycles. The van der Waals surface area contributed by atoms with Crippen molar-refractivity contribution in [2.75, 3.05) is 6.26 Å². The smallest absolute Gasteiger partial charge is 0.0242 e. The second-order valence-electron chi connectivity index (χ2n) is 3.65. The van der Waals surface area contributed by atoms with E-state index in [1.54, 1.807) is 0 Å². The van der Waals surface area contributed by atoms with Crippen molar-refractivity contribution in [1.82, 2.24) is 0 Å². The monoisotopic (exact) mass is 182 g/mol. The molecule has 1 rings (SSSR count). The molecular weight excluding hydrogens is 164 g/mol. The van der Waals surface area contributed by atoms with Gasteiger partial charge in [-0.2, -0.15) is 11.8 Å². The van der Waals surface area contributed by atoms with E-state index in [0.717, 1.165) is 5.25 Å². The Kier molecular flexibility index (Phi) is 2.72. The summed E-state index contributed by atoms with van der Waals surface area (Å²) in [4.78, 5) is 0. The summed E-state index contributed by atoms with van der Waals surface area (Å²) in [6.45, 7) is 10.6. The summed E-state index contributed by atoms with van der Waals surface area (Å²) in [5.41, 5.74) is 3.18. The lowest BCUT2D eigenvalue weighted by Crippen LogP contribution is -2.07. The van der Waals surface area contributed by atoms with Crippen LogP contribution in [0.15, 0.2) is 23.8 Å². The van der Waals surface area contributed by atoms with Crippen LogP contribution in [-0.2, 0) is 0 Å². The van der Waals surface area contributed by atoms with Gasteiger partial charge in [0.2, 0.25) is 0 Å². The summed E-state index contributed by atoms with van der Waals surface area (Å²) in [7, 11) is 0. The lowest BCUT2D eigenvalue weighted by atomic mass is 9.90. The first-order valence-corrected chi connectivity index (χ1v) is 5.70. The van der Waals surface area contributed by atoms with Gasteiger partial charge in [-0.05, 0) is 33.4 Å². The maximum Gasteiger partial charge on any atom is 0.0242 e. The minimum Gasteiger partial charge on any atom is -0.161 e. The molecule has 1 heteroatoms. The Balaban J connectivity index is 2.86. The molecule has 2 atom stereocenters. The molecule has 1 aliphatic rings. The van der Waals surface area contributed by atoms with Crippen molar-refractivity contribution in [2.45, 2.75) is 32.4 Å². The van der Waals surface area contributed by atoms with Gasteiger partial charge in [-0.3, -0.25) is 0 Å². The van der Waals surface area contributed by atoms with E-state index in [4.69, 9.17) is 0 Å². The Labute approximate surface area is 80.1 Å². The van der Waals surface area contributed by atoms with E-state index < -0.39 is 0 Å². The molecular formula is C11H18S. The van der Waals surface area contributed by atoms with E-state index in [0.29, 0.717) is 5.41 Å². The average molecular weight is 182 g/mol. The van der Waals surface area contributed by atoms with E-state index in [1.165, 1.54) is 17.6 Å². The second kappa shape index (κ2) is 3.29. The van der Waals surface area contributed by atoms with Crippen LogP contribution in [0.2, 0.25) is 0 Å². The molecule has 0 aliphatic heterocycles. The Morgan fingerprint density at radius 3 is 2.42 bits per heavy atom. The van der Waals surface area contributed by atoms with Gasteiger partial charge in [0.05, 0.1) is 0 Å². The first kappa shape index (κ1) is 9.91. The third-order valence-corrected chi connectivity index (χ3v) is 4.22. The molecule has 0 radical (unpaired) electrons. The molecule has 0 N–H and O–H groups in total. The molecule has 0 saturated heterocycles. The van der Waals surface area contributed by atoms with Crippen molar-refractivity contribution in [2.24, 2.45) is 5.41 Å². The van der Waals surface area contributed by atoms with E-state index in [2.05, 4.69) is 39.7 Å². The fourth-order valence-corrected chi connectivity index (χ4v) is 3.20. The molecule has 1 fully saturated rings. The highest BCUT2D eigenvalue weighted by atomic mass is 32.2. The molecule has 68 valence electrons. The van der Waals surface area contributed by atoms with Gasteiger partial charge in [-0.25, -0.2) is 0 Å². The molecule has 0 aromatic carbocycles. The molecule has 12 heavy (non-hydrogen) atoms. The Morgan fingerprint density at radius 2 is 2.17 bits per heavy atom. The minimum atomic E-state index is 0.355. The number of rotatable bonds is 3. The third kappa shape index (κ3) is 1.24. The van der Waals surface area contributed by atoms with E-state index in [9.17, 15) is 0 Å². The fourth-order valence-electron chi connectivity index (χ4n) is 1.98. The second-order valence-corrected chi connectivity index (χ2v) is 4.69. The van der Waals surface area contributed by atoms with E-state index in [1.807, 2.05) is 11.8 Å². The number of thioether (sulfide) groups is 1. The van der Waals surface area contributed by atoms with Crippen LogP contribution >= 0.6 is 11.8 Å². The van der Waals surface area contributed by atoms with Crippen LogP contribution in [0.4, 0.5) is 0 Å². The highest BCUT2D eigenvalue weighted by Crippen LogP contribution is 2.61. The molecule has 1 saturated carbocycles. The normalized spacial score (nSPS) is 35.0. The van der Waals surface area contributed by atoms with E-state index >= 15 is 0 Å². The van der Waals surface area contributed by atoms with Gasteiger partial charge in [0.1, 0.15) is 0 Å². The predicted molar refractivity (Wildman–Crippen MR) is 58.6 cm³/mol. The molecule has 0 spiro atoms. The summed E-state index contributed by atoms with van der Waals surface area (Å²) in [6.07, 6.45) is 5.71. The van der Waals surface area contributed by atoms with Crippen molar-refractivity contribution < 1.29 is 0 Å². The fraction of sp³-hybridized carbons (Fsp3) is 0.636. The Bertz CT molecular complexity index is 227. The Morgan fingerprint density at radius 1 is 1.58 bits per heavy atom. The van der Waals surface area contributed by atoms with Crippen molar-refractivity contribution in [3.63, 3.8) is 0 Å². The van der Waals surface area contributed by atoms with Crippen LogP contribution in [0.25, 0.3) is 0 Å². The standard InChI is InChI=1S/C11H18S/c1-6-9(4)11(8(2)3)7-10(11)12-5/h6,10H,2,7H2,1,3-5H3. The van der Waals surface area contributed by atoms with E-state index in [-0.39, 0.29) is 0 Å². The van der Waals surface area contributed by atoms with Gasteiger partial charge in [0.15, 0.2) is 0 Å². The summed E-state index contributed by atoms with van der Waals surface area (Å²) < 4.78 is 0. The minimum absolute atomic E-state index is 0.355. The molecule has 0 heterocycles. The van der Waals surface area contributed by atoms with Gasteiger partial charge in [-0.1, -0.05) is 23.8 Å². The number of hydrogen-bond acceptors (Lipinski definition) is 1. The van der Waals surface area contributed by atoms with Gasteiger partial charge in [0.25, 0.3) is 0 Å². The zero-order chi connectivity index (χ0) is 9.35. The molecule has 1 aliphatic carbocycles. The van der Waals surface area contributed by atoms with Crippen LogP contribution in [0.3, 0.4) is 0 Å². The molecule has 0 amide bonds. The molecule has 0 bridgehead atoms. The topological polar surface area (TPSA) is 0 Å². The summed E-state index contributed by atoms with van der Waals surface area (Å²) in [5.74, 6) is 0. The number of allylic oxidation sites excluding steroid dienone is 3. The molecule has 0 nitrogen and oxygen atoms in total. The Hall–Kier alpha value is -0.170. The van der Waals surface area contributed by atoms with Crippen LogP contribution in [0.5, 0.6) is 0 Å². The first-order chi connectivity index (χ1) is 5.59. The number of hydrogen-bond donors (Lipinski definition) is 0. The third-order valence-electron chi connectivity index (χ3n) is 3.08. The quantitative estimate of drug-likeness (QED) is 0.600. The van der Waals surface area contributed by atoms with Crippen molar-refractivity contribution in [3.8, 4) is 0 Å². The summed E-state index contributed by atoms with van der Waals surface area (Å²) in [6, 6.07) is 0. The van der Waals surface area contributed by atoms with Gasteiger partial charge >= 0.3 is 0 Å². The van der Waals surface area contributed by atoms with Crippen molar-refractivity contribution in [1.29, 1.82) is 0 Å². The average Bonchev–Trinajstić information content (AvgIpc) is 2.78. The van der Waals surface area contributed by atoms with Gasteiger partial charge in [0, 0.05) is 10.7 Å². The van der Waals surface area contributed by atoms with Gasteiger partial charge < -0.3 is 0 Å².